The van der Waals surface area contributed by atoms with Crippen molar-refractivity contribution in [3.8, 4) is 0 Å². The van der Waals surface area contributed by atoms with Crippen LogP contribution in [0.5, 0.6) is 0 Å². The van der Waals surface area contributed by atoms with E-state index in [1.807, 2.05) is 0 Å². The first-order valence-corrected chi connectivity index (χ1v) is 4.80. The highest BCUT2D eigenvalue weighted by molar-refractivity contribution is 5.75. The van der Waals surface area contributed by atoms with E-state index in [0.29, 0.717) is 18.8 Å². The minimum absolute atomic E-state index is 0.0705. The quantitative estimate of drug-likeness (QED) is 0.361. The van der Waals surface area contributed by atoms with Gasteiger partial charge < -0.3 is 10.4 Å². The highest BCUT2D eigenvalue weighted by atomic mass is 19.1. The Kier molecular flexibility index (Phi) is 6.33. The Labute approximate surface area is 88.7 Å². The number of carboxylic acid groups (broad SMARTS) is 1. The van der Waals surface area contributed by atoms with Gasteiger partial charge in [0.2, 0.25) is 0 Å². The van der Waals surface area contributed by atoms with Gasteiger partial charge in [0, 0.05) is 13.0 Å². The van der Waals surface area contributed by atoms with Crippen molar-refractivity contribution in [3.05, 3.63) is 11.9 Å². The molecule has 0 fully saturated rings. The lowest BCUT2D eigenvalue weighted by Gasteiger charge is -2.04. The van der Waals surface area contributed by atoms with E-state index in [4.69, 9.17) is 10.5 Å². The zero-order valence-electron chi connectivity index (χ0n) is 9.01. The summed E-state index contributed by atoms with van der Waals surface area (Å²) in [6.45, 7) is 3.56. The standard InChI is InChI=1S/C10H17FN2O2/c1-7(10(14)15)6-9(11)4-3-5-13-8(2)12/h4,7H,3,5-6H2,1-2H3,(H2,12,13)(H,14,15)/b9-4-. The summed E-state index contributed by atoms with van der Waals surface area (Å²) < 4.78 is 13.1. The van der Waals surface area contributed by atoms with Crippen molar-refractivity contribution in [2.45, 2.75) is 26.7 Å². The van der Waals surface area contributed by atoms with Gasteiger partial charge >= 0.3 is 5.97 Å². The summed E-state index contributed by atoms with van der Waals surface area (Å²) in [6, 6.07) is 0. The SMILES string of the molecule is CC(=N)NCC/C=C(\F)CC(C)C(=O)O. The van der Waals surface area contributed by atoms with Crippen LogP contribution in [0.4, 0.5) is 4.39 Å². The molecular formula is C10H17FN2O2. The summed E-state index contributed by atoms with van der Waals surface area (Å²) in [5.41, 5.74) is 0. The van der Waals surface area contributed by atoms with Gasteiger partial charge in [-0.05, 0) is 13.3 Å². The van der Waals surface area contributed by atoms with E-state index >= 15 is 0 Å². The fourth-order valence-corrected chi connectivity index (χ4v) is 0.952. The van der Waals surface area contributed by atoms with Crippen molar-refractivity contribution < 1.29 is 14.3 Å². The van der Waals surface area contributed by atoms with Crippen LogP contribution in [0.25, 0.3) is 0 Å². The van der Waals surface area contributed by atoms with Crippen LogP contribution in [0.2, 0.25) is 0 Å². The molecule has 1 atom stereocenters. The topological polar surface area (TPSA) is 73.2 Å². The number of halogens is 1. The molecule has 0 aliphatic rings. The van der Waals surface area contributed by atoms with Gasteiger partial charge in [0.15, 0.2) is 0 Å². The summed E-state index contributed by atoms with van der Waals surface area (Å²) in [7, 11) is 0. The fourth-order valence-electron chi connectivity index (χ4n) is 0.952. The molecule has 0 saturated carbocycles. The molecule has 0 aliphatic carbocycles. The molecule has 0 aromatic heterocycles. The molecule has 86 valence electrons. The first-order valence-electron chi connectivity index (χ1n) is 4.80. The lowest BCUT2D eigenvalue weighted by molar-refractivity contribution is -0.141. The van der Waals surface area contributed by atoms with Crippen LogP contribution in [0, 0.1) is 11.3 Å². The van der Waals surface area contributed by atoms with Crippen molar-refractivity contribution in [1.82, 2.24) is 5.32 Å². The van der Waals surface area contributed by atoms with Crippen LogP contribution < -0.4 is 5.32 Å². The molecule has 0 heterocycles. The van der Waals surface area contributed by atoms with Crippen molar-refractivity contribution in [2.24, 2.45) is 5.92 Å². The van der Waals surface area contributed by atoms with Gasteiger partial charge in [-0.2, -0.15) is 0 Å². The van der Waals surface area contributed by atoms with Gasteiger partial charge in [0.1, 0.15) is 0 Å². The molecule has 0 aliphatic heterocycles. The number of hydrogen-bond donors (Lipinski definition) is 3. The van der Waals surface area contributed by atoms with E-state index in [0.717, 1.165) is 0 Å². The molecule has 1 unspecified atom stereocenters. The number of carbonyl (C=O) groups is 1. The van der Waals surface area contributed by atoms with Crippen molar-refractivity contribution >= 4 is 11.8 Å². The Bertz CT molecular complexity index is 264. The normalized spacial score (nSPS) is 13.4. The summed E-state index contributed by atoms with van der Waals surface area (Å²) in [4.78, 5) is 10.4. The number of nitrogens with one attached hydrogen (secondary N) is 2. The zero-order chi connectivity index (χ0) is 11.8. The van der Waals surface area contributed by atoms with E-state index in [1.54, 1.807) is 6.92 Å². The molecule has 0 rings (SSSR count). The summed E-state index contributed by atoms with van der Waals surface area (Å²) in [6.07, 6.45) is 1.74. The van der Waals surface area contributed by atoms with Gasteiger partial charge in [-0.15, -0.1) is 0 Å². The third-order valence-electron chi connectivity index (χ3n) is 1.82. The van der Waals surface area contributed by atoms with Gasteiger partial charge in [0.25, 0.3) is 0 Å². The number of allylic oxidation sites excluding steroid dienone is 1. The molecule has 4 nitrogen and oxygen atoms in total. The molecule has 3 N–H and O–H groups in total. The third kappa shape index (κ3) is 7.66. The number of amidine groups is 1. The van der Waals surface area contributed by atoms with Crippen LogP contribution >= 0.6 is 0 Å². The van der Waals surface area contributed by atoms with E-state index in [2.05, 4.69) is 5.32 Å². The minimum atomic E-state index is -0.994. The lowest BCUT2D eigenvalue weighted by atomic mass is 10.1. The maximum atomic E-state index is 13.1. The van der Waals surface area contributed by atoms with Crippen molar-refractivity contribution in [1.29, 1.82) is 5.41 Å². The number of carboxylic acids is 1. The summed E-state index contributed by atoms with van der Waals surface area (Å²) in [5.74, 6) is -1.76. The second kappa shape index (κ2) is 6.98. The van der Waals surface area contributed by atoms with E-state index in [9.17, 15) is 9.18 Å². The van der Waals surface area contributed by atoms with E-state index in [-0.39, 0.29) is 6.42 Å². The summed E-state index contributed by atoms with van der Waals surface area (Å²) >= 11 is 0. The number of rotatable bonds is 6. The van der Waals surface area contributed by atoms with Crippen molar-refractivity contribution in [2.75, 3.05) is 6.54 Å². The van der Waals surface area contributed by atoms with Crippen LogP contribution in [-0.2, 0) is 4.79 Å². The molecule has 0 aromatic rings. The maximum absolute atomic E-state index is 13.1. The highest BCUT2D eigenvalue weighted by Crippen LogP contribution is 2.13. The van der Waals surface area contributed by atoms with Gasteiger partial charge in [-0.25, -0.2) is 4.39 Å². The molecule has 0 saturated heterocycles. The second-order valence-electron chi connectivity index (χ2n) is 3.43. The first-order chi connectivity index (χ1) is 6.93. The molecule has 5 heteroatoms. The third-order valence-corrected chi connectivity index (χ3v) is 1.82. The molecular weight excluding hydrogens is 199 g/mol. The van der Waals surface area contributed by atoms with Crippen molar-refractivity contribution in [3.63, 3.8) is 0 Å². The maximum Gasteiger partial charge on any atom is 0.306 e. The van der Waals surface area contributed by atoms with Crippen LogP contribution in [-0.4, -0.2) is 23.5 Å². The second-order valence-corrected chi connectivity index (χ2v) is 3.43. The Hall–Kier alpha value is -1.39. The van der Waals surface area contributed by atoms with Crippen LogP contribution in [0.3, 0.4) is 0 Å². The smallest absolute Gasteiger partial charge is 0.306 e. The zero-order valence-corrected chi connectivity index (χ0v) is 9.01. The van der Waals surface area contributed by atoms with Gasteiger partial charge in [0.05, 0.1) is 17.6 Å². The van der Waals surface area contributed by atoms with Gasteiger partial charge in [-0.3, -0.25) is 10.2 Å². The van der Waals surface area contributed by atoms with Crippen LogP contribution in [0.1, 0.15) is 26.7 Å². The average Bonchev–Trinajstić information content (AvgIpc) is 2.12. The largest absolute Gasteiger partial charge is 0.481 e. The predicted molar refractivity (Wildman–Crippen MR) is 56.6 cm³/mol. The van der Waals surface area contributed by atoms with Gasteiger partial charge in [-0.1, -0.05) is 13.0 Å². The van der Waals surface area contributed by atoms with E-state index in [1.165, 1.54) is 13.0 Å². The molecule has 0 aromatic carbocycles. The Morgan fingerprint density at radius 2 is 2.27 bits per heavy atom. The number of aliphatic carboxylic acids is 1. The molecule has 15 heavy (non-hydrogen) atoms. The predicted octanol–water partition coefficient (Wildman–Crippen LogP) is 1.93. The highest BCUT2D eigenvalue weighted by Gasteiger charge is 2.12. The number of hydrogen-bond acceptors (Lipinski definition) is 2. The Balaban J connectivity index is 3.79. The molecule has 0 radical (unpaired) electrons. The Morgan fingerprint density at radius 3 is 2.73 bits per heavy atom. The molecule has 0 spiro atoms. The average molecular weight is 216 g/mol. The molecule has 0 bridgehead atoms. The Morgan fingerprint density at radius 1 is 1.67 bits per heavy atom. The van der Waals surface area contributed by atoms with E-state index < -0.39 is 17.7 Å². The lowest BCUT2D eigenvalue weighted by Crippen LogP contribution is -2.19. The first kappa shape index (κ1) is 13.6. The summed E-state index contributed by atoms with van der Waals surface area (Å²) in [5, 5.41) is 18.3. The minimum Gasteiger partial charge on any atom is -0.481 e. The molecule has 0 amide bonds. The monoisotopic (exact) mass is 216 g/mol. The fraction of sp³-hybridized carbons (Fsp3) is 0.600. The van der Waals surface area contributed by atoms with Crippen LogP contribution in [0.15, 0.2) is 11.9 Å².